The molecule has 0 amide bonds. The molecule has 2 heterocycles. The Bertz CT molecular complexity index is 841. The molecule has 0 spiro atoms. The molecule has 2 aromatic heterocycles. The number of hydrogen-bond donors (Lipinski definition) is 2. The summed E-state index contributed by atoms with van der Waals surface area (Å²) in [5, 5.41) is 13.7. The monoisotopic (exact) mass is 349 g/mol. The van der Waals surface area contributed by atoms with Crippen molar-refractivity contribution in [1.82, 2.24) is 9.97 Å². The lowest BCUT2D eigenvalue weighted by Crippen LogP contribution is -2.08. The fourth-order valence-electron chi connectivity index (χ4n) is 2.21. The molecule has 0 fully saturated rings. The van der Waals surface area contributed by atoms with Crippen LogP contribution in [0.15, 0.2) is 48.9 Å². The first-order valence-corrected chi connectivity index (χ1v) is 6.97. The fourth-order valence-corrected chi connectivity index (χ4v) is 2.38. The molecule has 0 radical (unpaired) electrons. The lowest BCUT2D eigenvalue weighted by molar-refractivity contribution is 0.0697. The lowest BCUT2D eigenvalue weighted by Gasteiger charge is -2.12. The van der Waals surface area contributed by atoms with E-state index in [1.54, 1.807) is 30.6 Å². The van der Waals surface area contributed by atoms with Crippen LogP contribution in [0.2, 0.25) is 5.02 Å². The second-order valence-corrected chi connectivity index (χ2v) is 5.16. The van der Waals surface area contributed by atoms with Crippen LogP contribution in [0.25, 0.3) is 10.9 Å². The van der Waals surface area contributed by atoms with Crippen molar-refractivity contribution in [3.05, 3.63) is 65.1 Å². The van der Waals surface area contributed by atoms with E-state index in [1.807, 2.05) is 12.1 Å². The Hall–Kier alpha value is -2.37. The van der Waals surface area contributed by atoms with Crippen LogP contribution in [0.3, 0.4) is 0 Å². The number of carbonyl (C=O) groups is 1. The van der Waals surface area contributed by atoms with Crippen LogP contribution in [-0.4, -0.2) is 21.0 Å². The molecule has 0 bridgehead atoms. The number of carboxylic acids is 1. The third-order valence-electron chi connectivity index (χ3n) is 3.25. The van der Waals surface area contributed by atoms with Crippen LogP contribution in [0, 0.1) is 0 Å². The highest BCUT2D eigenvalue weighted by molar-refractivity contribution is 6.31. The van der Waals surface area contributed by atoms with E-state index in [9.17, 15) is 9.90 Å². The standard InChI is InChI=1S/C16H12ClN3O2.ClH/c17-11-3-4-14-12(6-11)15(13(9-19-14)16(21)22)20-8-10-2-1-5-18-7-10;/h1-7,9H,8H2,(H,19,20)(H,21,22);1H. The van der Waals surface area contributed by atoms with E-state index in [0.29, 0.717) is 28.2 Å². The van der Waals surface area contributed by atoms with Crippen molar-refractivity contribution in [3.8, 4) is 0 Å². The van der Waals surface area contributed by atoms with Crippen molar-refractivity contribution in [2.75, 3.05) is 5.32 Å². The van der Waals surface area contributed by atoms with Crippen molar-refractivity contribution >= 4 is 46.6 Å². The number of nitrogens with zero attached hydrogens (tertiary/aromatic N) is 2. The number of benzene rings is 1. The van der Waals surface area contributed by atoms with E-state index < -0.39 is 5.97 Å². The molecule has 0 saturated heterocycles. The molecule has 0 atom stereocenters. The minimum atomic E-state index is -1.04. The summed E-state index contributed by atoms with van der Waals surface area (Å²) < 4.78 is 0. The lowest BCUT2D eigenvalue weighted by atomic mass is 10.1. The predicted molar refractivity (Wildman–Crippen MR) is 92.5 cm³/mol. The maximum atomic E-state index is 11.4. The van der Waals surface area contributed by atoms with Gasteiger partial charge in [0.15, 0.2) is 0 Å². The summed E-state index contributed by atoms with van der Waals surface area (Å²) in [6, 6.07) is 8.94. The Morgan fingerprint density at radius 1 is 1.26 bits per heavy atom. The molecule has 2 N–H and O–H groups in total. The van der Waals surface area contributed by atoms with Crippen molar-refractivity contribution in [1.29, 1.82) is 0 Å². The summed E-state index contributed by atoms with van der Waals surface area (Å²) >= 11 is 6.03. The molecule has 0 aliphatic carbocycles. The van der Waals surface area contributed by atoms with Crippen LogP contribution in [0.5, 0.6) is 0 Å². The Kier molecular flexibility index (Phi) is 5.36. The average Bonchev–Trinajstić information content (AvgIpc) is 2.53. The number of hydrogen-bond acceptors (Lipinski definition) is 4. The molecule has 0 aliphatic rings. The Morgan fingerprint density at radius 3 is 2.78 bits per heavy atom. The maximum Gasteiger partial charge on any atom is 0.339 e. The van der Waals surface area contributed by atoms with Crippen molar-refractivity contribution < 1.29 is 9.90 Å². The van der Waals surface area contributed by atoms with E-state index in [-0.39, 0.29) is 18.0 Å². The normalized spacial score (nSPS) is 10.1. The Morgan fingerprint density at radius 2 is 2.09 bits per heavy atom. The molecule has 23 heavy (non-hydrogen) atoms. The first kappa shape index (κ1) is 17.0. The molecule has 0 aliphatic heterocycles. The zero-order chi connectivity index (χ0) is 15.5. The smallest absolute Gasteiger partial charge is 0.339 e. The topological polar surface area (TPSA) is 75.1 Å². The van der Waals surface area contributed by atoms with E-state index in [1.165, 1.54) is 6.20 Å². The van der Waals surface area contributed by atoms with Crippen molar-refractivity contribution in [3.63, 3.8) is 0 Å². The maximum absolute atomic E-state index is 11.4. The number of aromatic nitrogens is 2. The SMILES string of the molecule is Cl.O=C(O)c1cnc2ccc(Cl)cc2c1NCc1cccnc1. The molecule has 3 rings (SSSR count). The number of carboxylic acid groups (broad SMARTS) is 1. The summed E-state index contributed by atoms with van der Waals surface area (Å²) in [4.78, 5) is 19.6. The molecule has 0 saturated carbocycles. The summed E-state index contributed by atoms with van der Waals surface area (Å²) in [6.07, 6.45) is 4.77. The highest BCUT2D eigenvalue weighted by Gasteiger charge is 2.14. The fraction of sp³-hybridized carbons (Fsp3) is 0.0625. The minimum absolute atomic E-state index is 0. The minimum Gasteiger partial charge on any atom is -0.478 e. The van der Waals surface area contributed by atoms with Gasteiger partial charge in [-0.1, -0.05) is 17.7 Å². The molecule has 5 nitrogen and oxygen atoms in total. The summed E-state index contributed by atoms with van der Waals surface area (Å²) in [5.41, 5.74) is 2.25. The Balaban J connectivity index is 0.00000192. The quantitative estimate of drug-likeness (QED) is 0.743. The molecule has 3 aromatic rings. The molecule has 118 valence electrons. The van der Waals surface area contributed by atoms with Crippen LogP contribution >= 0.6 is 24.0 Å². The molecular formula is C16H13Cl2N3O2. The highest BCUT2D eigenvalue weighted by atomic mass is 35.5. The van der Waals surface area contributed by atoms with Crippen molar-refractivity contribution in [2.24, 2.45) is 0 Å². The van der Waals surface area contributed by atoms with Gasteiger partial charge in [0, 0.05) is 35.5 Å². The van der Waals surface area contributed by atoms with Gasteiger partial charge in [0.1, 0.15) is 5.56 Å². The first-order valence-electron chi connectivity index (χ1n) is 6.59. The number of pyridine rings is 2. The zero-order valence-corrected chi connectivity index (χ0v) is 13.4. The van der Waals surface area contributed by atoms with Gasteiger partial charge in [-0.2, -0.15) is 0 Å². The Labute approximate surface area is 143 Å². The number of halogens is 2. The van der Waals surface area contributed by atoms with Gasteiger partial charge in [-0.05, 0) is 29.8 Å². The largest absolute Gasteiger partial charge is 0.478 e. The van der Waals surface area contributed by atoms with Gasteiger partial charge in [0.05, 0.1) is 11.2 Å². The van der Waals surface area contributed by atoms with Gasteiger partial charge >= 0.3 is 5.97 Å². The number of aromatic carboxylic acids is 1. The molecule has 1 aromatic carbocycles. The zero-order valence-electron chi connectivity index (χ0n) is 11.9. The molecular weight excluding hydrogens is 337 g/mol. The summed E-state index contributed by atoms with van der Waals surface area (Å²) in [5.74, 6) is -1.04. The van der Waals surface area contributed by atoms with E-state index >= 15 is 0 Å². The molecule has 7 heteroatoms. The third-order valence-corrected chi connectivity index (χ3v) is 3.49. The van der Waals surface area contributed by atoms with Gasteiger partial charge in [-0.15, -0.1) is 12.4 Å². The van der Waals surface area contributed by atoms with E-state index in [0.717, 1.165) is 5.56 Å². The second kappa shape index (κ2) is 7.26. The summed E-state index contributed by atoms with van der Waals surface area (Å²) in [6.45, 7) is 0.458. The van der Waals surface area contributed by atoms with E-state index in [2.05, 4.69) is 15.3 Å². The summed E-state index contributed by atoms with van der Waals surface area (Å²) in [7, 11) is 0. The first-order chi connectivity index (χ1) is 10.6. The van der Waals surface area contributed by atoms with Crippen LogP contribution in [-0.2, 0) is 6.54 Å². The van der Waals surface area contributed by atoms with Crippen molar-refractivity contribution in [2.45, 2.75) is 6.54 Å². The number of nitrogens with one attached hydrogen (secondary N) is 1. The van der Waals surface area contributed by atoms with Gasteiger partial charge < -0.3 is 10.4 Å². The van der Waals surface area contributed by atoms with Gasteiger partial charge in [-0.3, -0.25) is 9.97 Å². The van der Waals surface area contributed by atoms with Gasteiger partial charge in [0.2, 0.25) is 0 Å². The van der Waals surface area contributed by atoms with Gasteiger partial charge in [0.25, 0.3) is 0 Å². The van der Waals surface area contributed by atoms with E-state index in [4.69, 9.17) is 11.6 Å². The molecule has 0 unspecified atom stereocenters. The van der Waals surface area contributed by atoms with Gasteiger partial charge in [-0.25, -0.2) is 4.79 Å². The number of fused-ring (bicyclic) bond motifs is 1. The third kappa shape index (κ3) is 3.70. The average molecular weight is 350 g/mol. The number of anilines is 1. The highest BCUT2D eigenvalue weighted by Crippen LogP contribution is 2.29. The van der Waals surface area contributed by atoms with Crippen LogP contribution < -0.4 is 5.32 Å². The predicted octanol–water partition coefficient (Wildman–Crippen LogP) is 4.02. The van der Waals surface area contributed by atoms with Crippen LogP contribution in [0.4, 0.5) is 5.69 Å². The van der Waals surface area contributed by atoms with Crippen LogP contribution in [0.1, 0.15) is 15.9 Å². The number of rotatable bonds is 4. The second-order valence-electron chi connectivity index (χ2n) is 4.73.